The standard InChI is InChI=1S/C29H42O8SSi/c1-20-14-16-22(17-15-20)38(30,31)37-23(19-33-39(7,8)28(2,3)4)24-25(32-18-21-12-10-9-11-13-21)26-27(34-24)36-29(5,6)35-26/h9-17,23-27H,18-19H2,1-8H3/t23?,24-,25-,26-,27-/m1/s1. The molecule has 0 radical (unpaired) electrons. The number of benzene rings is 2. The minimum absolute atomic E-state index is 0.0142. The smallest absolute Gasteiger partial charge is 0.297 e. The fourth-order valence-electron chi connectivity index (χ4n) is 4.37. The molecule has 1 unspecified atom stereocenters. The van der Waals surface area contributed by atoms with Crippen LogP contribution < -0.4 is 0 Å². The van der Waals surface area contributed by atoms with E-state index in [-0.39, 0.29) is 16.5 Å². The van der Waals surface area contributed by atoms with Gasteiger partial charge >= 0.3 is 0 Å². The molecular weight excluding hydrogens is 536 g/mol. The summed E-state index contributed by atoms with van der Waals surface area (Å²) in [6.45, 7) is 16.4. The molecule has 2 aromatic carbocycles. The van der Waals surface area contributed by atoms with Crippen molar-refractivity contribution < 1.29 is 36.0 Å². The summed E-state index contributed by atoms with van der Waals surface area (Å²) in [6.07, 6.45) is -3.75. The SMILES string of the molecule is Cc1ccc(S(=O)(=O)OC(CO[Si](C)(C)C(C)(C)C)[C@H]2O[C@@H]3OC(C)(C)O[C@@H]3[C@@H]2OCc2ccccc2)cc1. The van der Waals surface area contributed by atoms with Gasteiger partial charge in [0.05, 0.1) is 18.1 Å². The van der Waals surface area contributed by atoms with Crippen LogP contribution in [0.3, 0.4) is 0 Å². The Morgan fingerprint density at radius 2 is 1.64 bits per heavy atom. The lowest BCUT2D eigenvalue weighted by molar-refractivity contribution is -0.229. The van der Waals surface area contributed by atoms with Crippen molar-refractivity contribution in [3.63, 3.8) is 0 Å². The molecule has 4 rings (SSSR count). The van der Waals surface area contributed by atoms with Crippen LogP contribution in [0.1, 0.15) is 45.7 Å². The van der Waals surface area contributed by atoms with Gasteiger partial charge in [-0.15, -0.1) is 0 Å². The molecule has 2 aromatic rings. The van der Waals surface area contributed by atoms with Crippen molar-refractivity contribution in [2.24, 2.45) is 0 Å². The first-order valence-corrected chi connectivity index (χ1v) is 17.7. The lowest BCUT2D eigenvalue weighted by Gasteiger charge is -2.38. The summed E-state index contributed by atoms with van der Waals surface area (Å²) in [6, 6.07) is 16.3. The van der Waals surface area contributed by atoms with Crippen LogP contribution in [0.2, 0.25) is 18.1 Å². The molecule has 0 N–H and O–H groups in total. The lowest BCUT2D eigenvalue weighted by atomic mass is 10.1. The van der Waals surface area contributed by atoms with Gasteiger partial charge in [-0.1, -0.05) is 68.8 Å². The zero-order chi connectivity index (χ0) is 28.6. The van der Waals surface area contributed by atoms with Gasteiger partial charge in [-0.25, -0.2) is 0 Å². The van der Waals surface area contributed by atoms with Crippen molar-refractivity contribution in [1.29, 1.82) is 0 Å². The van der Waals surface area contributed by atoms with Gasteiger partial charge in [0.15, 0.2) is 20.4 Å². The predicted octanol–water partition coefficient (Wildman–Crippen LogP) is 5.55. The molecule has 0 bridgehead atoms. The highest BCUT2D eigenvalue weighted by molar-refractivity contribution is 7.86. The highest BCUT2D eigenvalue weighted by atomic mass is 32.2. The molecule has 2 saturated heterocycles. The van der Waals surface area contributed by atoms with Gasteiger partial charge < -0.3 is 23.4 Å². The highest BCUT2D eigenvalue weighted by Gasteiger charge is 2.58. The van der Waals surface area contributed by atoms with Crippen LogP contribution in [-0.2, 0) is 44.3 Å². The summed E-state index contributed by atoms with van der Waals surface area (Å²) in [7, 11) is -6.39. The maximum absolute atomic E-state index is 13.4. The maximum Gasteiger partial charge on any atom is 0.297 e. The number of ether oxygens (including phenoxy) is 4. The quantitative estimate of drug-likeness (QED) is 0.268. The molecule has 39 heavy (non-hydrogen) atoms. The number of aryl methyl sites for hydroxylation is 1. The molecule has 2 heterocycles. The third-order valence-electron chi connectivity index (χ3n) is 7.65. The minimum Gasteiger partial charge on any atom is -0.414 e. The molecule has 0 aromatic heterocycles. The Labute approximate surface area is 234 Å². The molecular formula is C29H42O8SSi. The molecule has 0 saturated carbocycles. The van der Waals surface area contributed by atoms with Crippen LogP contribution in [0.4, 0.5) is 0 Å². The number of rotatable bonds is 10. The van der Waals surface area contributed by atoms with Crippen molar-refractivity contribution in [2.45, 2.75) is 108 Å². The van der Waals surface area contributed by atoms with E-state index in [1.54, 1.807) is 24.3 Å². The summed E-state index contributed by atoms with van der Waals surface area (Å²) in [5.74, 6) is -0.864. The molecule has 0 aliphatic carbocycles. The van der Waals surface area contributed by atoms with Crippen LogP contribution in [0.5, 0.6) is 0 Å². The Kier molecular flexibility index (Phi) is 8.81. The lowest BCUT2D eigenvalue weighted by Crippen LogP contribution is -2.49. The van der Waals surface area contributed by atoms with E-state index < -0.39 is 54.9 Å². The summed E-state index contributed by atoms with van der Waals surface area (Å²) in [5.41, 5.74) is 1.92. The Hall–Kier alpha value is -1.63. The van der Waals surface area contributed by atoms with E-state index in [0.29, 0.717) is 6.61 Å². The topological polar surface area (TPSA) is 89.5 Å². The minimum atomic E-state index is -4.14. The summed E-state index contributed by atoms with van der Waals surface area (Å²) < 4.78 is 64.1. The van der Waals surface area contributed by atoms with Gasteiger partial charge in [0.25, 0.3) is 10.1 Å². The molecule has 0 amide bonds. The Balaban J connectivity index is 1.64. The van der Waals surface area contributed by atoms with Crippen LogP contribution in [0.15, 0.2) is 59.5 Å². The molecule has 2 aliphatic heterocycles. The van der Waals surface area contributed by atoms with Crippen molar-refractivity contribution in [3.8, 4) is 0 Å². The molecule has 2 fully saturated rings. The molecule has 8 nitrogen and oxygen atoms in total. The maximum atomic E-state index is 13.4. The fourth-order valence-corrected chi connectivity index (χ4v) is 6.45. The Morgan fingerprint density at radius 1 is 1.00 bits per heavy atom. The van der Waals surface area contributed by atoms with Crippen LogP contribution >= 0.6 is 0 Å². The third kappa shape index (κ3) is 7.18. The van der Waals surface area contributed by atoms with Crippen molar-refractivity contribution in [3.05, 3.63) is 65.7 Å². The van der Waals surface area contributed by atoms with Crippen molar-refractivity contribution in [1.82, 2.24) is 0 Å². The van der Waals surface area contributed by atoms with Gasteiger partial charge in [-0.05, 0) is 56.6 Å². The first-order valence-electron chi connectivity index (χ1n) is 13.4. The summed E-state index contributed by atoms with van der Waals surface area (Å²) >= 11 is 0. The average molecular weight is 579 g/mol. The molecule has 5 atom stereocenters. The predicted molar refractivity (Wildman–Crippen MR) is 150 cm³/mol. The molecule has 0 spiro atoms. The summed E-state index contributed by atoms with van der Waals surface area (Å²) in [4.78, 5) is 0.0685. The normalized spacial score (nSPS) is 25.9. The van der Waals surface area contributed by atoms with Gasteiger partial charge in [-0.3, -0.25) is 4.18 Å². The van der Waals surface area contributed by atoms with E-state index in [2.05, 4.69) is 33.9 Å². The van der Waals surface area contributed by atoms with Crippen LogP contribution in [0.25, 0.3) is 0 Å². The van der Waals surface area contributed by atoms with E-state index >= 15 is 0 Å². The van der Waals surface area contributed by atoms with Crippen molar-refractivity contribution in [2.75, 3.05) is 6.61 Å². The third-order valence-corrected chi connectivity index (χ3v) is 13.5. The van der Waals surface area contributed by atoms with Gasteiger partial charge in [0.2, 0.25) is 0 Å². The second-order valence-electron chi connectivity index (χ2n) is 12.3. The fraction of sp³-hybridized carbons (Fsp3) is 0.586. The van der Waals surface area contributed by atoms with E-state index in [4.69, 9.17) is 27.6 Å². The van der Waals surface area contributed by atoms with Gasteiger partial charge in [-0.2, -0.15) is 8.42 Å². The van der Waals surface area contributed by atoms with E-state index in [1.165, 1.54) is 0 Å². The monoisotopic (exact) mass is 578 g/mol. The average Bonchev–Trinajstić information content (AvgIpc) is 3.32. The van der Waals surface area contributed by atoms with E-state index in [1.807, 2.05) is 51.1 Å². The highest BCUT2D eigenvalue weighted by Crippen LogP contribution is 2.42. The molecule has 216 valence electrons. The number of hydrogen-bond acceptors (Lipinski definition) is 8. The Bertz CT molecular complexity index is 1210. The van der Waals surface area contributed by atoms with E-state index in [9.17, 15) is 8.42 Å². The molecule has 10 heteroatoms. The largest absolute Gasteiger partial charge is 0.414 e. The van der Waals surface area contributed by atoms with Crippen LogP contribution in [-0.4, -0.2) is 59.8 Å². The van der Waals surface area contributed by atoms with Crippen molar-refractivity contribution >= 4 is 18.4 Å². The van der Waals surface area contributed by atoms with Crippen LogP contribution in [0, 0.1) is 6.92 Å². The zero-order valence-electron chi connectivity index (χ0n) is 24.2. The second-order valence-corrected chi connectivity index (χ2v) is 18.7. The van der Waals surface area contributed by atoms with Gasteiger partial charge in [0.1, 0.15) is 24.4 Å². The summed E-state index contributed by atoms with van der Waals surface area (Å²) in [5, 5.41) is -0.0835. The number of fused-ring (bicyclic) bond motifs is 1. The molecule has 2 aliphatic rings. The first-order chi connectivity index (χ1) is 18.1. The number of hydrogen-bond donors (Lipinski definition) is 0. The second kappa shape index (κ2) is 11.3. The van der Waals surface area contributed by atoms with E-state index in [0.717, 1.165) is 11.1 Å². The zero-order valence-corrected chi connectivity index (χ0v) is 26.0. The Morgan fingerprint density at radius 3 is 2.26 bits per heavy atom. The van der Waals surface area contributed by atoms with Gasteiger partial charge in [0, 0.05) is 0 Å². The first kappa shape index (κ1) is 30.3.